The molecule has 0 aliphatic rings. The number of aromatic nitrogens is 1. The number of benzene rings is 1. The molecule has 1 unspecified atom stereocenters. The van der Waals surface area contributed by atoms with Crippen molar-refractivity contribution < 1.29 is 21.6 Å². The van der Waals surface area contributed by atoms with Gasteiger partial charge in [-0.15, -0.1) is 0 Å². The number of alkyl halides is 3. The summed E-state index contributed by atoms with van der Waals surface area (Å²) in [6.07, 6.45) is -4.53. The van der Waals surface area contributed by atoms with E-state index in [-0.39, 0.29) is 10.7 Å². The average molecular weight is 345 g/mol. The van der Waals surface area contributed by atoms with Crippen LogP contribution in [0.25, 0.3) is 0 Å². The monoisotopic (exact) mass is 345 g/mol. The second-order valence-electron chi connectivity index (χ2n) is 4.89. The van der Waals surface area contributed by atoms with Gasteiger partial charge in [-0.3, -0.25) is 0 Å². The van der Waals surface area contributed by atoms with Gasteiger partial charge in [-0.05, 0) is 36.8 Å². The highest BCUT2D eigenvalue weighted by molar-refractivity contribution is 7.89. The van der Waals surface area contributed by atoms with E-state index in [0.29, 0.717) is 5.56 Å². The number of nitrogens with zero attached hydrogens (tertiary/aromatic N) is 1. The molecule has 0 amide bonds. The van der Waals surface area contributed by atoms with E-state index in [1.807, 2.05) is 0 Å². The average Bonchev–Trinajstić information content (AvgIpc) is 2.46. The number of anilines is 1. The Kier molecular flexibility index (Phi) is 4.62. The third-order valence-electron chi connectivity index (χ3n) is 3.09. The number of nitrogens with two attached hydrogens (primary N) is 1. The molecule has 9 heteroatoms. The molecule has 5 nitrogen and oxygen atoms in total. The summed E-state index contributed by atoms with van der Waals surface area (Å²) in [6.45, 7) is 1.67. The molecule has 0 aliphatic heterocycles. The molecular weight excluding hydrogens is 331 g/mol. The van der Waals surface area contributed by atoms with E-state index in [2.05, 4.69) is 10.3 Å². The predicted octanol–water partition coefficient (Wildman–Crippen LogP) is 2.92. The zero-order valence-electron chi connectivity index (χ0n) is 12.0. The maximum absolute atomic E-state index is 12.6. The molecular formula is C14H14F3N3O2S. The van der Waals surface area contributed by atoms with Crippen LogP contribution in [0.4, 0.5) is 19.0 Å². The van der Waals surface area contributed by atoms with Crippen molar-refractivity contribution in [3.8, 4) is 0 Å². The van der Waals surface area contributed by atoms with Gasteiger partial charge in [-0.1, -0.05) is 18.2 Å². The lowest BCUT2D eigenvalue weighted by molar-refractivity contribution is -0.141. The molecule has 1 heterocycles. The summed E-state index contributed by atoms with van der Waals surface area (Å²) >= 11 is 0. The van der Waals surface area contributed by atoms with Gasteiger partial charge in [0.1, 0.15) is 11.5 Å². The van der Waals surface area contributed by atoms with Gasteiger partial charge < -0.3 is 5.32 Å². The minimum Gasteiger partial charge on any atom is -0.364 e. The molecule has 0 aliphatic carbocycles. The van der Waals surface area contributed by atoms with E-state index >= 15 is 0 Å². The maximum atomic E-state index is 12.6. The van der Waals surface area contributed by atoms with Gasteiger partial charge in [0.2, 0.25) is 10.0 Å². The van der Waals surface area contributed by atoms with Crippen molar-refractivity contribution in [2.75, 3.05) is 5.32 Å². The second-order valence-corrected chi connectivity index (χ2v) is 6.45. The van der Waals surface area contributed by atoms with Crippen LogP contribution in [-0.2, 0) is 16.2 Å². The molecule has 1 aromatic heterocycles. The van der Waals surface area contributed by atoms with Crippen molar-refractivity contribution in [2.45, 2.75) is 24.0 Å². The zero-order valence-corrected chi connectivity index (χ0v) is 12.8. The third-order valence-corrected chi connectivity index (χ3v) is 4.00. The van der Waals surface area contributed by atoms with Gasteiger partial charge in [0.15, 0.2) is 0 Å². The Hall–Kier alpha value is -2.13. The number of hydrogen-bond acceptors (Lipinski definition) is 4. The SMILES string of the molecule is CC(Nc1cccc(C(F)(F)F)n1)c1cccc(S(N)(=O)=O)c1. The first-order valence-corrected chi connectivity index (χ1v) is 8.05. The van der Waals surface area contributed by atoms with Gasteiger partial charge in [0, 0.05) is 6.04 Å². The molecule has 0 bridgehead atoms. The fourth-order valence-corrected chi connectivity index (χ4v) is 2.51. The molecule has 0 saturated carbocycles. The molecule has 0 spiro atoms. The van der Waals surface area contributed by atoms with E-state index in [1.165, 1.54) is 30.3 Å². The molecule has 23 heavy (non-hydrogen) atoms. The number of rotatable bonds is 4. The van der Waals surface area contributed by atoms with Crippen molar-refractivity contribution in [3.05, 3.63) is 53.7 Å². The summed E-state index contributed by atoms with van der Waals surface area (Å²) < 4.78 is 60.6. The third kappa shape index (κ3) is 4.42. The van der Waals surface area contributed by atoms with Gasteiger partial charge >= 0.3 is 6.18 Å². The number of hydrogen-bond donors (Lipinski definition) is 2. The Morgan fingerprint density at radius 2 is 1.83 bits per heavy atom. The number of sulfonamides is 1. The zero-order chi connectivity index (χ0) is 17.3. The molecule has 2 aromatic rings. The molecule has 0 fully saturated rings. The summed E-state index contributed by atoms with van der Waals surface area (Å²) in [5.74, 6) is 0.0355. The Balaban J connectivity index is 2.25. The lowest BCUT2D eigenvalue weighted by Crippen LogP contribution is -2.14. The van der Waals surface area contributed by atoms with E-state index in [1.54, 1.807) is 13.0 Å². The van der Waals surface area contributed by atoms with Crippen LogP contribution in [0, 0.1) is 0 Å². The van der Waals surface area contributed by atoms with Gasteiger partial charge in [0.05, 0.1) is 4.90 Å². The second kappa shape index (κ2) is 6.17. The summed E-state index contributed by atoms with van der Waals surface area (Å²) in [5.41, 5.74) is -0.455. The lowest BCUT2D eigenvalue weighted by atomic mass is 10.1. The standard InChI is InChI=1S/C14H14F3N3O2S/c1-9(10-4-2-5-11(8-10)23(18,21)22)19-13-7-3-6-12(20-13)14(15,16)17/h2-9H,1H3,(H,19,20)(H2,18,21,22). The van der Waals surface area contributed by atoms with Crippen molar-refractivity contribution in [2.24, 2.45) is 5.14 Å². The van der Waals surface area contributed by atoms with Crippen LogP contribution < -0.4 is 10.5 Å². The number of nitrogens with one attached hydrogen (secondary N) is 1. The molecule has 1 atom stereocenters. The topological polar surface area (TPSA) is 85.1 Å². The molecule has 0 saturated heterocycles. The molecule has 0 radical (unpaired) electrons. The minimum absolute atomic E-state index is 0.0355. The Morgan fingerprint density at radius 3 is 2.43 bits per heavy atom. The lowest BCUT2D eigenvalue weighted by Gasteiger charge is -2.16. The maximum Gasteiger partial charge on any atom is 0.433 e. The summed E-state index contributed by atoms with van der Waals surface area (Å²) in [5, 5.41) is 7.86. The van der Waals surface area contributed by atoms with Crippen LogP contribution >= 0.6 is 0 Å². The first kappa shape index (κ1) is 17.2. The summed E-state index contributed by atoms with van der Waals surface area (Å²) in [6, 6.07) is 8.90. The van der Waals surface area contributed by atoms with E-state index in [4.69, 9.17) is 5.14 Å². The van der Waals surface area contributed by atoms with Crippen molar-refractivity contribution in [3.63, 3.8) is 0 Å². The van der Waals surface area contributed by atoms with Crippen LogP contribution in [0.3, 0.4) is 0 Å². The largest absolute Gasteiger partial charge is 0.433 e. The predicted molar refractivity (Wildman–Crippen MR) is 79.1 cm³/mol. The van der Waals surface area contributed by atoms with E-state index in [0.717, 1.165) is 6.07 Å². The molecule has 3 N–H and O–H groups in total. The Labute approximate surface area is 131 Å². The summed E-state index contributed by atoms with van der Waals surface area (Å²) in [7, 11) is -3.85. The molecule has 124 valence electrons. The number of pyridine rings is 1. The minimum atomic E-state index is -4.53. The number of halogens is 3. The van der Waals surface area contributed by atoms with Crippen LogP contribution in [-0.4, -0.2) is 13.4 Å². The molecule has 1 aromatic carbocycles. The first-order chi connectivity index (χ1) is 10.6. The van der Waals surface area contributed by atoms with Gasteiger partial charge in [0.25, 0.3) is 0 Å². The van der Waals surface area contributed by atoms with Crippen LogP contribution in [0.15, 0.2) is 47.4 Å². The highest BCUT2D eigenvalue weighted by Gasteiger charge is 2.32. The Bertz CT molecular complexity index is 807. The van der Waals surface area contributed by atoms with Gasteiger partial charge in [-0.2, -0.15) is 13.2 Å². The van der Waals surface area contributed by atoms with Crippen molar-refractivity contribution in [1.82, 2.24) is 4.98 Å². The molecule has 2 rings (SSSR count). The quantitative estimate of drug-likeness (QED) is 0.892. The van der Waals surface area contributed by atoms with Crippen molar-refractivity contribution >= 4 is 15.8 Å². The Morgan fingerprint density at radius 1 is 1.17 bits per heavy atom. The van der Waals surface area contributed by atoms with Crippen LogP contribution in [0.2, 0.25) is 0 Å². The van der Waals surface area contributed by atoms with Crippen LogP contribution in [0.1, 0.15) is 24.2 Å². The normalized spacial score (nSPS) is 13.6. The van der Waals surface area contributed by atoms with Gasteiger partial charge in [-0.25, -0.2) is 18.5 Å². The fourth-order valence-electron chi connectivity index (χ4n) is 1.94. The van der Waals surface area contributed by atoms with Crippen molar-refractivity contribution in [1.29, 1.82) is 0 Å². The van der Waals surface area contributed by atoms with Crippen LogP contribution in [0.5, 0.6) is 0 Å². The smallest absolute Gasteiger partial charge is 0.364 e. The number of primary sulfonamides is 1. The summed E-state index contributed by atoms with van der Waals surface area (Å²) in [4.78, 5) is 3.43. The highest BCUT2D eigenvalue weighted by atomic mass is 32.2. The first-order valence-electron chi connectivity index (χ1n) is 6.51. The van der Waals surface area contributed by atoms with E-state index in [9.17, 15) is 21.6 Å². The highest BCUT2D eigenvalue weighted by Crippen LogP contribution is 2.29. The van der Waals surface area contributed by atoms with E-state index < -0.39 is 27.9 Å². The fraction of sp³-hybridized carbons (Fsp3) is 0.214.